The minimum Gasteiger partial charge on any atom is -0.497 e. The molecule has 2 aromatic rings. The van der Waals surface area contributed by atoms with Gasteiger partial charge in [0.25, 0.3) is 0 Å². The van der Waals surface area contributed by atoms with Crippen LogP contribution in [0.3, 0.4) is 0 Å². The zero-order valence-corrected chi connectivity index (χ0v) is 16.3. The number of hydrogen-bond acceptors (Lipinski definition) is 7. The molecule has 0 unspecified atom stereocenters. The van der Waals surface area contributed by atoms with Gasteiger partial charge in [0, 0.05) is 0 Å². The normalized spacial score (nSPS) is 30.6. The third kappa shape index (κ3) is 2.50. The molecule has 7 heteroatoms. The van der Waals surface area contributed by atoms with Crippen LogP contribution >= 0.6 is 0 Å². The number of esters is 3. The highest BCUT2D eigenvalue weighted by molar-refractivity contribution is 6.05. The predicted molar refractivity (Wildman–Crippen MR) is 102 cm³/mol. The van der Waals surface area contributed by atoms with Crippen LogP contribution in [0.1, 0.15) is 24.1 Å². The smallest absolute Gasteiger partial charge is 0.331 e. The van der Waals surface area contributed by atoms with Crippen LogP contribution in [-0.4, -0.2) is 32.1 Å². The standard InChI is InChI=1S/C22H21NO6/c1-21-16(18(24)29-19(21)25)22(20(26)28-3,14-9-11-15(27-2)12-10-14)23-17(21)13-7-5-4-6-8-13/h4-12,16-17,23H,1-3H3/t16-,17+,21+,22+/m0/s1. The quantitative estimate of drug-likeness (QED) is 0.626. The molecule has 0 saturated carbocycles. The highest BCUT2D eigenvalue weighted by atomic mass is 16.6. The fourth-order valence-corrected chi connectivity index (χ4v) is 4.63. The summed E-state index contributed by atoms with van der Waals surface area (Å²) in [5.41, 5.74) is -1.61. The van der Waals surface area contributed by atoms with Crippen molar-refractivity contribution in [3.63, 3.8) is 0 Å². The molecule has 4 rings (SSSR count). The van der Waals surface area contributed by atoms with Crippen LogP contribution in [-0.2, 0) is 29.4 Å². The van der Waals surface area contributed by atoms with E-state index in [1.165, 1.54) is 14.2 Å². The fraction of sp³-hybridized carbons (Fsp3) is 0.318. The van der Waals surface area contributed by atoms with Gasteiger partial charge >= 0.3 is 17.9 Å². The lowest BCUT2D eigenvalue weighted by Crippen LogP contribution is -2.52. The van der Waals surface area contributed by atoms with E-state index in [-0.39, 0.29) is 0 Å². The Morgan fingerprint density at radius 3 is 2.28 bits per heavy atom. The first-order chi connectivity index (χ1) is 13.9. The molecule has 2 aromatic carbocycles. The first-order valence-electron chi connectivity index (χ1n) is 9.21. The number of hydrogen-bond donors (Lipinski definition) is 1. The molecule has 1 N–H and O–H groups in total. The molecule has 2 heterocycles. The summed E-state index contributed by atoms with van der Waals surface area (Å²) in [6.07, 6.45) is 0. The van der Waals surface area contributed by atoms with E-state index in [9.17, 15) is 14.4 Å². The molecule has 0 amide bonds. The van der Waals surface area contributed by atoms with Crippen LogP contribution < -0.4 is 10.1 Å². The zero-order valence-electron chi connectivity index (χ0n) is 16.3. The number of carbonyl (C=O) groups excluding carboxylic acids is 3. The maximum absolute atomic E-state index is 13.2. The van der Waals surface area contributed by atoms with Gasteiger partial charge in [0.1, 0.15) is 17.1 Å². The number of nitrogens with one attached hydrogen (secondary N) is 1. The molecular formula is C22H21NO6. The lowest BCUT2D eigenvalue weighted by Gasteiger charge is -2.31. The van der Waals surface area contributed by atoms with Gasteiger partial charge in [0.05, 0.1) is 20.3 Å². The molecule has 2 aliphatic rings. The van der Waals surface area contributed by atoms with Crippen molar-refractivity contribution in [1.29, 1.82) is 0 Å². The van der Waals surface area contributed by atoms with E-state index in [0.717, 1.165) is 5.56 Å². The average Bonchev–Trinajstić information content (AvgIpc) is 3.17. The maximum atomic E-state index is 13.2. The molecular weight excluding hydrogens is 374 g/mol. The molecule has 29 heavy (non-hydrogen) atoms. The monoisotopic (exact) mass is 395 g/mol. The number of methoxy groups -OCH3 is 2. The van der Waals surface area contributed by atoms with E-state index >= 15 is 0 Å². The van der Waals surface area contributed by atoms with E-state index < -0.39 is 40.8 Å². The summed E-state index contributed by atoms with van der Waals surface area (Å²) >= 11 is 0. The Kier molecular flexibility index (Phi) is 4.42. The Hall–Kier alpha value is -3.19. The van der Waals surface area contributed by atoms with Gasteiger partial charge in [-0.05, 0) is 30.2 Å². The van der Waals surface area contributed by atoms with Crippen LogP contribution in [0.25, 0.3) is 0 Å². The van der Waals surface area contributed by atoms with E-state index in [2.05, 4.69) is 5.32 Å². The molecule has 2 fully saturated rings. The Bertz CT molecular complexity index is 973. The van der Waals surface area contributed by atoms with Crippen molar-refractivity contribution in [2.45, 2.75) is 18.5 Å². The molecule has 0 bridgehead atoms. The molecule has 7 nitrogen and oxygen atoms in total. The van der Waals surface area contributed by atoms with Gasteiger partial charge < -0.3 is 14.2 Å². The third-order valence-corrected chi connectivity index (χ3v) is 6.06. The van der Waals surface area contributed by atoms with E-state index in [0.29, 0.717) is 11.3 Å². The first kappa shape index (κ1) is 19.1. The minimum absolute atomic E-state index is 0.492. The van der Waals surface area contributed by atoms with Crippen LogP contribution in [0.4, 0.5) is 0 Å². The number of benzene rings is 2. The summed E-state index contributed by atoms with van der Waals surface area (Å²) in [6.45, 7) is 1.66. The predicted octanol–water partition coefficient (Wildman–Crippen LogP) is 2.11. The van der Waals surface area contributed by atoms with Gasteiger partial charge in [-0.3, -0.25) is 14.9 Å². The second-order valence-corrected chi connectivity index (χ2v) is 7.44. The second kappa shape index (κ2) is 6.70. The Balaban J connectivity index is 1.96. The Morgan fingerprint density at radius 1 is 1.03 bits per heavy atom. The molecule has 2 saturated heterocycles. The third-order valence-electron chi connectivity index (χ3n) is 6.06. The summed E-state index contributed by atoms with van der Waals surface area (Å²) in [5, 5.41) is 3.29. The number of cyclic esters (lactones) is 2. The van der Waals surface area contributed by atoms with E-state index in [1.807, 2.05) is 30.3 Å². The summed E-state index contributed by atoms with van der Waals surface area (Å²) < 4.78 is 15.4. The SMILES string of the molecule is COC(=O)[C@]1(c2ccc(OC)cc2)N[C@H](c2ccccc2)[C@]2(C)C(=O)OC(=O)[C@@H]21. The molecule has 0 radical (unpaired) electrons. The number of fused-ring (bicyclic) bond motifs is 1. The van der Waals surface area contributed by atoms with Crippen molar-refractivity contribution < 1.29 is 28.6 Å². The first-order valence-corrected chi connectivity index (χ1v) is 9.21. The van der Waals surface area contributed by atoms with Gasteiger partial charge in [-0.1, -0.05) is 42.5 Å². The van der Waals surface area contributed by atoms with Gasteiger partial charge in [-0.2, -0.15) is 0 Å². The molecule has 0 spiro atoms. The lowest BCUT2D eigenvalue weighted by molar-refractivity contribution is -0.160. The number of rotatable bonds is 4. The van der Waals surface area contributed by atoms with Crippen LogP contribution in [0.15, 0.2) is 54.6 Å². The van der Waals surface area contributed by atoms with Crippen molar-refractivity contribution in [3.8, 4) is 5.75 Å². The van der Waals surface area contributed by atoms with Gasteiger partial charge in [0.15, 0.2) is 5.54 Å². The van der Waals surface area contributed by atoms with Crippen LogP contribution in [0.5, 0.6) is 5.75 Å². The largest absolute Gasteiger partial charge is 0.497 e. The van der Waals surface area contributed by atoms with Crippen molar-refractivity contribution in [2.75, 3.05) is 14.2 Å². The van der Waals surface area contributed by atoms with Gasteiger partial charge in [-0.15, -0.1) is 0 Å². The van der Waals surface area contributed by atoms with E-state index in [4.69, 9.17) is 14.2 Å². The van der Waals surface area contributed by atoms with E-state index in [1.54, 1.807) is 31.2 Å². The van der Waals surface area contributed by atoms with Crippen LogP contribution in [0, 0.1) is 11.3 Å². The summed E-state index contributed by atoms with van der Waals surface area (Å²) in [6, 6.07) is 15.3. The van der Waals surface area contributed by atoms with Gasteiger partial charge in [-0.25, -0.2) is 4.79 Å². The Morgan fingerprint density at radius 2 is 1.69 bits per heavy atom. The molecule has 0 aliphatic carbocycles. The number of ether oxygens (including phenoxy) is 3. The minimum atomic E-state index is -1.58. The molecule has 2 aliphatic heterocycles. The van der Waals surface area contributed by atoms with Crippen LogP contribution in [0.2, 0.25) is 0 Å². The van der Waals surface area contributed by atoms with Gasteiger partial charge in [0.2, 0.25) is 0 Å². The molecule has 0 aromatic heterocycles. The van der Waals surface area contributed by atoms with Crippen molar-refractivity contribution >= 4 is 17.9 Å². The Labute approximate surface area is 168 Å². The topological polar surface area (TPSA) is 90.9 Å². The van der Waals surface area contributed by atoms with Crippen molar-refractivity contribution in [2.24, 2.45) is 11.3 Å². The highest BCUT2D eigenvalue weighted by Gasteiger charge is 2.75. The lowest BCUT2D eigenvalue weighted by atomic mass is 9.67. The summed E-state index contributed by atoms with van der Waals surface area (Å²) in [4.78, 5) is 38.9. The van der Waals surface area contributed by atoms with Crippen molar-refractivity contribution in [3.05, 3.63) is 65.7 Å². The zero-order chi connectivity index (χ0) is 20.8. The summed E-state index contributed by atoms with van der Waals surface area (Å²) in [7, 11) is 2.79. The fourth-order valence-electron chi connectivity index (χ4n) is 4.63. The average molecular weight is 395 g/mol. The second-order valence-electron chi connectivity index (χ2n) is 7.44. The maximum Gasteiger partial charge on any atom is 0.331 e. The molecule has 150 valence electrons. The highest BCUT2D eigenvalue weighted by Crippen LogP contribution is 2.60. The number of carbonyl (C=O) groups is 3. The van der Waals surface area contributed by atoms with Crippen molar-refractivity contribution in [1.82, 2.24) is 5.32 Å². The summed E-state index contributed by atoms with van der Waals surface area (Å²) in [5.74, 6) is -2.56. The molecule has 4 atom stereocenters.